The minimum Gasteiger partial charge on any atom is -0.457 e. The van der Waals surface area contributed by atoms with Crippen molar-refractivity contribution in [2.45, 2.75) is 187 Å². The third-order valence-electron chi connectivity index (χ3n) is 24.0. The molecule has 135 heavy (non-hydrogen) atoms. The molecule has 0 aliphatic carbocycles. The van der Waals surface area contributed by atoms with Crippen LogP contribution in [0.2, 0.25) is 0 Å². The number of carbonyl (C=O) groups is 9. The smallest absolute Gasteiger partial charge is 0.303 e. The zero-order chi connectivity index (χ0) is 93.6. The van der Waals surface area contributed by atoms with Gasteiger partial charge in [-0.3, -0.25) is 57.9 Å². The third-order valence-corrected chi connectivity index (χ3v) is 25.2. The summed E-state index contributed by atoms with van der Waals surface area (Å²) in [7, 11) is 0. The number of amides is 6. The summed E-state index contributed by atoms with van der Waals surface area (Å²) in [5.74, 6) is -9.39. The first-order valence-electron chi connectivity index (χ1n) is 44.1. The van der Waals surface area contributed by atoms with E-state index in [0.717, 1.165) is 58.4 Å². The average Bonchev–Trinajstić information content (AvgIpc) is 1.63. The van der Waals surface area contributed by atoms with Crippen LogP contribution in [-0.2, 0) is 130 Å². The zero-order valence-corrected chi connectivity index (χ0v) is 74.2. The summed E-state index contributed by atoms with van der Waals surface area (Å²) >= 11 is 0.941. The first-order valence-corrected chi connectivity index (χ1v) is 45.0. The van der Waals surface area contributed by atoms with E-state index >= 15 is 28.8 Å². The number of benzene rings is 10. The largest absolute Gasteiger partial charge is 0.457 e. The van der Waals surface area contributed by atoms with Crippen LogP contribution in [0.25, 0.3) is 10.4 Å². The van der Waals surface area contributed by atoms with Crippen molar-refractivity contribution >= 4 is 65.1 Å². The monoisotopic (exact) mass is 1850 g/mol. The molecule has 7 aliphatic rings. The summed E-state index contributed by atoms with van der Waals surface area (Å²) in [6.07, 6.45) is -26.8. The fraction of sp³-hybridized carbons (Fsp3) is 0.324. The van der Waals surface area contributed by atoms with Crippen LogP contribution in [0.4, 0.5) is 4.39 Å². The van der Waals surface area contributed by atoms with Crippen molar-refractivity contribution < 1.29 is 123 Å². The molecule has 696 valence electrons. The fourth-order valence-electron chi connectivity index (χ4n) is 17.9. The zero-order valence-electron chi connectivity index (χ0n) is 73.4. The molecule has 4 saturated heterocycles. The molecule has 0 aromatic heterocycles. The first kappa shape index (κ1) is 93.9. The van der Waals surface area contributed by atoms with Gasteiger partial charge in [-0.1, -0.05) is 235 Å². The van der Waals surface area contributed by atoms with Gasteiger partial charge in [-0.05, 0) is 99.6 Å². The second-order valence-corrected chi connectivity index (χ2v) is 34.2. The summed E-state index contributed by atoms with van der Waals surface area (Å²) in [5.41, 5.74) is 13.1. The number of hydrogen-bond acceptors (Lipinski definition) is 27. The molecule has 0 saturated carbocycles. The van der Waals surface area contributed by atoms with E-state index in [2.05, 4.69) is 10.0 Å². The summed E-state index contributed by atoms with van der Waals surface area (Å²) in [6.45, 7) is 0.806. The molecule has 6 amide bonds. The van der Waals surface area contributed by atoms with E-state index in [9.17, 15) is 24.3 Å². The molecule has 7 heterocycles. The number of ether oxygens (including phenoxy) is 16. The molecule has 10 aromatic rings. The molecule has 4 fully saturated rings. The Bertz CT molecular complexity index is 5800. The Kier molecular flexibility index (Phi) is 30.3. The molecule has 0 bridgehead atoms. The third kappa shape index (κ3) is 21.4. The minimum atomic E-state index is -2.23. The van der Waals surface area contributed by atoms with E-state index in [-0.39, 0.29) is 79.6 Å². The highest BCUT2D eigenvalue weighted by molar-refractivity contribution is 7.99. The van der Waals surface area contributed by atoms with Gasteiger partial charge in [0.25, 0.3) is 35.4 Å². The summed E-state index contributed by atoms with van der Waals surface area (Å²) in [5, 5.41) is 4.39. The topological polar surface area (TPSA) is 360 Å². The van der Waals surface area contributed by atoms with E-state index in [1.54, 1.807) is 97.1 Å². The lowest BCUT2D eigenvalue weighted by molar-refractivity contribution is -0.368. The summed E-state index contributed by atoms with van der Waals surface area (Å²) < 4.78 is 127. The molecule has 10 aromatic carbocycles. The Labute approximate surface area is 779 Å². The van der Waals surface area contributed by atoms with Crippen LogP contribution < -0.4 is 0 Å². The van der Waals surface area contributed by atoms with Crippen LogP contribution in [0.15, 0.2) is 289 Å². The van der Waals surface area contributed by atoms with Gasteiger partial charge >= 0.3 is 17.9 Å². The highest BCUT2D eigenvalue weighted by atomic mass is 32.2. The highest BCUT2D eigenvalue weighted by Crippen LogP contribution is 2.47. The number of azide groups is 1. The van der Waals surface area contributed by atoms with Crippen LogP contribution in [0, 0.1) is 5.82 Å². The number of halogens is 1. The van der Waals surface area contributed by atoms with Crippen molar-refractivity contribution in [1.82, 2.24) is 14.7 Å². The number of hydrogen-bond donors (Lipinski definition) is 0. The standard InChI is InChI=1S/C102H95FN6O25S/c1-60(110)125-90-82(107-93(113)71-40-22-23-41-72(71)94(107)114)100(129-78(57-120-51-64-30-12-5-13-31-64)86(90)132-99-81(105-106-104)89(124-55-68-38-20-9-21-39-68)85(123-54-67-36-18-8-19-37-67)77(128-99)56-119-50-63-28-10-4-11-29-63)133-87-79(58-121-52-65-32-14-6-15-33-65)130-101(83(91(87)126-61(2)111)108-95(115)73-42-24-25-43-74(73)96(108)116)134-88-80(59-122-53-66-34-16-7-17-35-66)131-102(135-70-48-46-69(103)47-49-70)84(92(88)127-62(3)112)109-97(117)75-44-26-27-45-76(75)98(109)118/h4-49,77-92,99-102H,50-59H2,1-3H3/t77-,78-,79-,80-,81-,82-,83-,84-,85-,86-,87-,88-,89-,90-,91-,92-,99+,100+,101+,102+/m1/s1. The lowest BCUT2D eigenvalue weighted by Crippen LogP contribution is -2.73. The maximum atomic E-state index is 16.0. The van der Waals surface area contributed by atoms with Gasteiger partial charge in [0.2, 0.25) is 0 Å². The van der Waals surface area contributed by atoms with Gasteiger partial charge in [-0.2, -0.15) is 0 Å². The quantitative estimate of drug-likeness (QED) is 0.00871. The molecule has 7 aliphatic heterocycles. The molecule has 0 radical (unpaired) electrons. The molecular weight excluding hydrogens is 1760 g/mol. The predicted molar refractivity (Wildman–Crippen MR) is 478 cm³/mol. The molecule has 31 nitrogen and oxygen atoms in total. The van der Waals surface area contributed by atoms with E-state index in [0.29, 0.717) is 27.1 Å². The fourth-order valence-corrected chi connectivity index (χ4v) is 19.1. The van der Waals surface area contributed by atoms with Gasteiger partial charge in [0.05, 0.1) is 99.4 Å². The number of carbonyl (C=O) groups excluding carboxylic acids is 9. The van der Waals surface area contributed by atoms with Crippen molar-refractivity contribution in [2.75, 3.05) is 26.4 Å². The Hall–Kier alpha value is -12.9. The summed E-state index contributed by atoms with van der Waals surface area (Å²) in [6, 6.07) is 70.0. The molecule has 20 atom stereocenters. The number of nitrogens with zero attached hydrogens (tertiary/aromatic N) is 6. The molecule has 17 rings (SSSR count). The second kappa shape index (κ2) is 43.6. The van der Waals surface area contributed by atoms with Gasteiger partial charge in [0.15, 0.2) is 37.2 Å². The van der Waals surface area contributed by atoms with Crippen molar-refractivity contribution in [3.05, 3.63) is 362 Å². The van der Waals surface area contributed by atoms with E-state index in [1.807, 2.05) is 97.1 Å². The average molecular weight is 1860 g/mol. The number of rotatable bonds is 37. The maximum Gasteiger partial charge on any atom is 0.303 e. The summed E-state index contributed by atoms with van der Waals surface area (Å²) in [4.78, 5) is 145. The lowest BCUT2D eigenvalue weighted by Gasteiger charge is -2.53. The molecular formula is C102H95FN6O25S. The predicted octanol–water partition coefficient (Wildman–Crippen LogP) is 13.5. The van der Waals surface area contributed by atoms with Crippen molar-refractivity contribution in [3.63, 3.8) is 0 Å². The molecule has 0 N–H and O–H groups in total. The lowest BCUT2D eigenvalue weighted by atomic mass is 9.91. The van der Waals surface area contributed by atoms with Crippen molar-refractivity contribution in [1.29, 1.82) is 0 Å². The SMILES string of the molecule is CC(=O)O[C@H]1[C@H](O[C@@H]2O[C@H](COCc3ccccc3)[C@@H](O[C@@H]3O[C@H](COCc4ccccc4)[C@@H](O[C@@H]4O[C@H](COCc5ccccc5)[C@@H](OCc5ccccc5)[C@H](OCc5ccccc5)[C@H]4N=[N+]=[N-])[C@H](OC(C)=O)[C@H]3N3C(=O)c4ccccc4C3=O)[C@H](OC(C)=O)[C@H]2N2C(=O)c3ccccc3C2=O)[C@@H](COCc2ccccc2)O[C@@H](Sc2ccc(F)cc2)[C@@H]1N1C(=O)c2ccccc2C1=O. The Morgan fingerprint density at radius 1 is 0.333 bits per heavy atom. The highest BCUT2D eigenvalue weighted by Gasteiger charge is 2.65. The Morgan fingerprint density at radius 3 is 0.919 bits per heavy atom. The van der Waals surface area contributed by atoms with Crippen LogP contribution in [0.1, 0.15) is 116 Å². The number of imide groups is 3. The number of fused-ring (bicyclic) bond motifs is 3. The maximum absolute atomic E-state index is 16.0. The van der Waals surface area contributed by atoms with Crippen LogP contribution in [-0.4, -0.2) is 216 Å². The Balaban J connectivity index is 0.823. The van der Waals surface area contributed by atoms with Gasteiger partial charge in [0, 0.05) is 30.6 Å². The number of thioether (sulfide) groups is 1. The van der Waals surface area contributed by atoms with E-state index in [4.69, 9.17) is 75.8 Å². The van der Waals surface area contributed by atoms with Crippen molar-refractivity contribution in [2.24, 2.45) is 5.11 Å². The first-order chi connectivity index (χ1) is 65.8. The number of esters is 3. The minimum absolute atomic E-state index is 0.0180. The van der Waals surface area contributed by atoms with Gasteiger partial charge in [-0.25, -0.2) is 4.39 Å². The van der Waals surface area contributed by atoms with Gasteiger partial charge in [-0.15, -0.1) is 0 Å². The van der Waals surface area contributed by atoms with Crippen LogP contribution in [0.3, 0.4) is 0 Å². The molecule has 33 heteroatoms. The molecule has 0 unspecified atom stereocenters. The van der Waals surface area contributed by atoms with Gasteiger partial charge < -0.3 is 75.8 Å². The van der Waals surface area contributed by atoms with Crippen LogP contribution in [0.5, 0.6) is 0 Å². The van der Waals surface area contributed by atoms with Gasteiger partial charge in [0.1, 0.15) is 90.4 Å². The normalized spacial score (nSPS) is 26.4. The molecule has 0 spiro atoms. The van der Waals surface area contributed by atoms with E-state index in [1.165, 1.54) is 84.9 Å². The second-order valence-electron chi connectivity index (χ2n) is 33.0. The Morgan fingerprint density at radius 2 is 0.600 bits per heavy atom. The van der Waals surface area contributed by atoms with Crippen molar-refractivity contribution in [3.8, 4) is 0 Å². The van der Waals surface area contributed by atoms with Crippen LogP contribution >= 0.6 is 11.8 Å². The van der Waals surface area contributed by atoms with E-state index < -0.39 is 201 Å².